The van der Waals surface area contributed by atoms with Crippen LogP contribution in [0.25, 0.3) is 0 Å². The Balaban J connectivity index is 1.73. The van der Waals surface area contributed by atoms with Crippen molar-refractivity contribution >= 4 is 12.0 Å². The number of carboxylic acids is 1. The van der Waals surface area contributed by atoms with E-state index in [1.807, 2.05) is 12.3 Å². The summed E-state index contributed by atoms with van der Waals surface area (Å²) in [5, 5.41) is 18.6. The second-order valence-electron chi connectivity index (χ2n) is 5.00. The molecule has 0 radical (unpaired) electrons. The topological polar surface area (TPSA) is 105 Å². The first-order chi connectivity index (χ1) is 10.1. The maximum Gasteiger partial charge on any atom is 0.329 e. The fourth-order valence-corrected chi connectivity index (χ4v) is 2.25. The molecule has 0 unspecified atom stereocenters. The highest BCUT2D eigenvalue weighted by Gasteiger charge is 2.41. The van der Waals surface area contributed by atoms with Crippen molar-refractivity contribution in [1.82, 2.24) is 20.4 Å². The summed E-state index contributed by atoms with van der Waals surface area (Å²) in [5.74, 6) is -1.02. The van der Waals surface area contributed by atoms with Crippen LogP contribution < -0.4 is 10.6 Å². The van der Waals surface area contributed by atoms with Crippen LogP contribution in [0.5, 0.6) is 0 Å². The van der Waals surface area contributed by atoms with Gasteiger partial charge in [0.05, 0.1) is 0 Å². The largest absolute Gasteiger partial charge is 0.480 e. The number of carboxylic acid groups (broad SMARTS) is 1. The summed E-state index contributed by atoms with van der Waals surface area (Å²) in [6, 6.07) is 1.38. The van der Waals surface area contributed by atoms with Crippen LogP contribution in [0.15, 0.2) is 18.5 Å². The predicted octanol–water partition coefficient (Wildman–Crippen LogP) is 0.206. The smallest absolute Gasteiger partial charge is 0.329 e. The molecule has 3 N–H and O–H groups in total. The molecule has 0 aromatic carbocycles. The molecule has 1 aliphatic heterocycles. The number of carbonyl (C=O) groups is 2. The van der Waals surface area contributed by atoms with Crippen molar-refractivity contribution in [1.29, 1.82) is 0 Å². The Hall–Kier alpha value is -2.09. The van der Waals surface area contributed by atoms with Crippen molar-refractivity contribution in [3.8, 4) is 0 Å². The standard InChI is InChI=1S/C13H20N4O4/c18-11(19)13(3-9-21-10-4-13)16-12(20)14-5-1-7-17-8-2-6-15-17/h2,6,8H,1,3-5,7,9-10H2,(H,18,19)(H2,14,16,20). The van der Waals surface area contributed by atoms with Crippen LogP contribution >= 0.6 is 0 Å². The van der Waals surface area contributed by atoms with Gasteiger partial charge in [0.2, 0.25) is 0 Å². The van der Waals surface area contributed by atoms with Gasteiger partial charge in [0.15, 0.2) is 0 Å². The van der Waals surface area contributed by atoms with Gasteiger partial charge in [-0.2, -0.15) is 5.10 Å². The lowest BCUT2D eigenvalue weighted by Gasteiger charge is -2.33. The van der Waals surface area contributed by atoms with Crippen molar-refractivity contribution in [2.45, 2.75) is 31.3 Å². The molecular formula is C13H20N4O4. The Morgan fingerprint density at radius 2 is 2.14 bits per heavy atom. The molecule has 21 heavy (non-hydrogen) atoms. The molecule has 0 aliphatic carbocycles. The van der Waals surface area contributed by atoms with Crippen LogP contribution in [0.1, 0.15) is 19.3 Å². The van der Waals surface area contributed by atoms with E-state index in [1.54, 1.807) is 10.9 Å². The molecule has 2 amide bonds. The number of hydrogen-bond acceptors (Lipinski definition) is 4. The second kappa shape index (κ2) is 7.07. The molecule has 1 aliphatic rings. The minimum atomic E-state index is -1.22. The Bertz CT molecular complexity index is 469. The summed E-state index contributed by atoms with van der Waals surface area (Å²) in [4.78, 5) is 23.2. The summed E-state index contributed by atoms with van der Waals surface area (Å²) in [5.41, 5.74) is -1.22. The third kappa shape index (κ3) is 4.19. The number of aryl methyl sites for hydroxylation is 1. The van der Waals surface area contributed by atoms with E-state index in [1.165, 1.54) is 0 Å². The van der Waals surface area contributed by atoms with E-state index in [0.29, 0.717) is 26.3 Å². The van der Waals surface area contributed by atoms with Gasteiger partial charge in [0.1, 0.15) is 5.54 Å². The van der Waals surface area contributed by atoms with Crippen LogP contribution in [0.2, 0.25) is 0 Å². The Kier molecular flexibility index (Phi) is 5.15. The Labute approximate surface area is 122 Å². The van der Waals surface area contributed by atoms with Gasteiger partial charge in [-0.25, -0.2) is 9.59 Å². The third-order valence-electron chi connectivity index (χ3n) is 3.52. The van der Waals surface area contributed by atoms with Gasteiger partial charge in [-0.05, 0) is 12.5 Å². The van der Waals surface area contributed by atoms with E-state index in [-0.39, 0.29) is 12.8 Å². The first-order valence-corrected chi connectivity index (χ1v) is 6.97. The van der Waals surface area contributed by atoms with Crippen molar-refractivity contribution in [3.63, 3.8) is 0 Å². The molecular weight excluding hydrogens is 276 g/mol. The van der Waals surface area contributed by atoms with E-state index in [2.05, 4.69) is 15.7 Å². The van der Waals surface area contributed by atoms with Gasteiger partial charge in [-0.3, -0.25) is 4.68 Å². The average molecular weight is 296 g/mol. The van der Waals surface area contributed by atoms with Gasteiger partial charge < -0.3 is 20.5 Å². The fraction of sp³-hybridized carbons (Fsp3) is 0.615. The number of carbonyl (C=O) groups excluding carboxylic acids is 1. The second-order valence-corrected chi connectivity index (χ2v) is 5.00. The fourth-order valence-electron chi connectivity index (χ4n) is 2.25. The van der Waals surface area contributed by atoms with E-state index in [9.17, 15) is 14.7 Å². The zero-order valence-electron chi connectivity index (χ0n) is 11.7. The van der Waals surface area contributed by atoms with Crippen LogP contribution in [0.3, 0.4) is 0 Å². The molecule has 1 saturated heterocycles. The molecule has 2 heterocycles. The molecule has 0 atom stereocenters. The molecule has 0 spiro atoms. The number of amides is 2. The lowest BCUT2D eigenvalue weighted by Crippen LogP contribution is -2.59. The number of aromatic nitrogens is 2. The van der Waals surface area contributed by atoms with Crippen LogP contribution in [0.4, 0.5) is 4.79 Å². The van der Waals surface area contributed by atoms with Crippen molar-refractivity contribution in [3.05, 3.63) is 18.5 Å². The number of aliphatic carboxylic acids is 1. The van der Waals surface area contributed by atoms with Gasteiger partial charge in [0.25, 0.3) is 0 Å². The molecule has 116 valence electrons. The number of nitrogens with zero attached hydrogens (tertiary/aromatic N) is 2. The van der Waals surface area contributed by atoms with Gasteiger partial charge in [-0.15, -0.1) is 0 Å². The minimum Gasteiger partial charge on any atom is -0.480 e. The minimum absolute atomic E-state index is 0.281. The average Bonchev–Trinajstić information content (AvgIpc) is 2.98. The van der Waals surface area contributed by atoms with E-state index >= 15 is 0 Å². The van der Waals surface area contributed by atoms with Crippen molar-refractivity contribution in [2.24, 2.45) is 0 Å². The van der Waals surface area contributed by atoms with E-state index in [4.69, 9.17) is 4.74 Å². The highest BCUT2D eigenvalue weighted by atomic mass is 16.5. The summed E-state index contributed by atoms with van der Waals surface area (Å²) in [6.07, 6.45) is 4.83. The molecule has 0 bridgehead atoms. The molecule has 1 fully saturated rings. The number of urea groups is 1. The molecule has 1 aromatic rings. The third-order valence-corrected chi connectivity index (χ3v) is 3.52. The Morgan fingerprint density at radius 1 is 1.38 bits per heavy atom. The molecule has 0 saturated carbocycles. The zero-order chi connectivity index (χ0) is 15.1. The normalized spacial score (nSPS) is 17.1. The highest BCUT2D eigenvalue weighted by Crippen LogP contribution is 2.20. The monoisotopic (exact) mass is 296 g/mol. The maximum absolute atomic E-state index is 11.8. The Morgan fingerprint density at radius 3 is 2.76 bits per heavy atom. The number of hydrogen-bond donors (Lipinski definition) is 3. The summed E-state index contributed by atoms with van der Waals surface area (Å²) >= 11 is 0. The lowest BCUT2D eigenvalue weighted by atomic mass is 9.90. The lowest BCUT2D eigenvalue weighted by molar-refractivity contribution is -0.148. The zero-order valence-corrected chi connectivity index (χ0v) is 11.7. The van der Waals surface area contributed by atoms with Gasteiger partial charge in [0, 0.05) is 51.5 Å². The number of ether oxygens (including phenoxy) is 1. The van der Waals surface area contributed by atoms with E-state index < -0.39 is 17.5 Å². The van der Waals surface area contributed by atoms with E-state index in [0.717, 1.165) is 6.42 Å². The quantitative estimate of drug-likeness (QED) is 0.651. The van der Waals surface area contributed by atoms with Crippen LogP contribution in [-0.2, 0) is 16.1 Å². The molecule has 8 heteroatoms. The maximum atomic E-state index is 11.8. The van der Waals surface area contributed by atoms with Crippen LogP contribution in [-0.4, -0.2) is 52.2 Å². The predicted molar refractivity (Wildman–Crippen MR) is 73.8 cm³/mol. The first-order valence-electron chi connectivity index (χ1n) is 6.97. The summed E-state index contributed by atoms with van der Waals surface area (Å²) in [6.45, 7) is 1.83. The van der Waals surface area contributed by atoms with Gasteiger partial charge >= 0.3 is 12.0 Å². The van der Waals surface area contributed by atoms with Crippen molar-refractivity contribution < 1.29 is 19.4 Å². The number of nitrogens with one attached hydrogen (secondary N) is 2. The molecule has 1 aromatic heterocycles. The van der Waals surface area contributed by atoms with Gasteiger partial charge in [-0.1, -0.05) is 0 Å². The number of rotatable bonds is 6. The summed E-state index contributed by atoms with van der Waals surface area (Å²) in [7, 11) is 0. The SMILES string of the molecule is O=C(NCCCn1cccn1)NC1(C(=O)O)CCOCC1. The molecule has 2 rings (SSSR count). The first kappa shape index (κ1) is 15.3. The summed E-state index contributed by atoms with van der Waals surface area (Å²) < 4.78 is 6.93. The highest BCUT2D eigenvalue weighted by molar-refractivity contribution is 5.86. The molecule has 8 nitrogen and oxygen atoms in total. The van der Waals surface area contributed by atoms with Crippen molar-refractivity contribution in [2.75, 3.05) is 19.8 Å². The van der Waals surface area contributed by atoms with Crippen LogP contribution in [0, 0.1) is 0 Å².